The van der Waals surface area contributed by atoms with E-state index in [9.17, 15) is 14.4 Å². The highest BCUT2D eigenvalue weighted by Crippen LogP contribution is 2.21. The van der Waals surface area contributed by atoms with E-state index in [1.807, 2.05) is 0 Å². The summed E-state index contributed by atoms with van der Waals surface area (Å²) >= 11 is 5.80. The Morgan fingerprint density at radius 3 is 2.46 bits per heavy atom. The van der Waals surface area contributed by atoms with Crippen LogP contribution in [0.1, 0.15) is 24.8 Å². The number of hydrogen-bond acceptors (Lipinski definition) is 6. The third kappa shape index (κ3) is 6.66. The molecule has 9 heteroatoms. The van der Waals surface area contributed by atoms with Crippen LogP contribution in [0, 0.1) is 0 Å². The molecular weight excluding hydrogens is 340 g/mol. The molecule has 130 valence electrons. The Balaban J connectivity index is 2.64. The second-order valence-electron chi connectivity index (χ2n) is 4.77. The summed E-state index contributed by atoms with van der Waals surface area (Å²) in [4.78, 5) is 38.1. The summed E-state index contributed by atoms with van der Waals surface area (Å²) in [5.41, 5.74) is 0.573. The number of carbonyl (C=O) groups is 3. The van der Waals surface area contributed by atoms with Crippen LogP contribution in [0.25, 0.3) is 0 Å². The molecule has 0 saturated heterocycles. The van der Waals surface area contributed by atoms with E-state index in [0.717, 1.165) is 0 Å². The second-order valence-corrected chi connectivity index (χ2v) is 5.21. The highest BCUT2D eigenvalue weighted by atomic mass is 35.5. The molecule has 0 aliphatic rings. The molecule has 0 aromatic heterocycles. The minimum Gasteiger partial charge on any atom is -0.481 e. The van der Waals surface area contributed by atoms with Gasteiger partial charge in [0.05, 0.1) is 13.5 Å². The summed E-state index contributed by atoms with van der Waals surface area (Å²) in [5, 5.41) is 15.2. The molecule has 0 bridgehead atoms. The molecule has 1 atom stereocenters. The molecule has 8 nitrogen and oxygen atoms in total. The van der Waals surface area contributed by atoms with Crippen molar-refractivity contribution in [3.05, 3.63) is 34.9 Å². The number of carboxylic acid groups (broad SMARTS) is 1. The Morgan fingerprint density at radius 1 is 1.29 bits per heavy atom. The van der Waals surface area contributed by atoms with Gasteiger partial charge in [0.25, 0.3) is 0 Å². The fourth-order valence-electron chi connectivity index (χ4n) is 1.79. The smallest absolute Gasteiger partial charge is 0.433 e. The third-order valence-corrected chi connectivity index (χ3v) is 3.25. The number of ether oxygens (including phenoxy) is 1. The minimum atomic E-state index is -1.01. The molecule has 1 rings (SSSR count). The number of esters is 1. The van der Waals surface area contributed by atoms with Crippen molar-refractivity contribution in [1.29, 1.82) is 0 Å². The van der Waals surface area contributed by atoms with Crippen molar-refractivity contribution in [2.75, 3.05) is 13.7 Å². The number of halogens is 1. The van der Waals surface area contributed by atoms with E-state index in [4.69, 9.17) is 16.7 Å². The van der Waals surface area contributed by atoms with Gasteiger partial charge in [-0.25, -0.2) is 9.59 Å². The van der Waals surface area contributed by atoms with Crippen LogP contribution < -0.4 is 5.32 Å². The first-order valence-corrected chi connectivity index (χ1v) is 7.26. The van der Waals surface area contributed by atoms with E-state index in [0.29, 0.717) is 10.6 Å². The van der Waals surface area contributed by atoms with Crippen molar-refractivity contribution in [2.24, 2.45) is 5.16 Å². The lowest BCUT2D eigenvalue weighted by atomic mass is 9.96. The average Bonchev–Trinajstić information content (AvgIpc) is 2.56. The lowest BCUT2D eigenvalue weighted by Crippen LogP contribution is -2.29. The number of amides is 1. The average molecular weight is 357 g/mol. The Kier molecular flexibility index (Phi) is 7.70. The molecule has 1 amide bonds. The molecule has 0 radical (unpaired) electrons. The van der Waals surface area contributed by atoms with Crippen molar-refractivity contribution in [2.45, 2.75) is 19.3 Å². The minimum absolute atomic E-state index is 0.0134. The van der Waals surface area contributed by atoms with Crippen LogP contribution in [-0.2, 0) is 19.2 Å². The zero-order chi connectivity index (χ0) is 18.1. The van der Waals surface area contributed by atoms with Crippen molar-refractivity contribution in [1.82, 2.24) is 5.32 Å². The highest BCUT2D eigenvalue weighted by molar-refractivity contribution is 6.35. The summed E-state index contributed by atoms with van der Waals surface area (Å²) in [6, 6.07) is 6.63. The van der Waals surface area contributed by atoms with Crippen LogP contribution >= 0.6 is 11.6 Å². The topological polar surface area (TPSA) is 114 Å². The van der Waals surface area contributed by atoms with Gasteiger partial charge in [-0.2, -0.15) is 0 Å². The first-order valence-electron chi connectivity index (χ1n) is 6.88. The second kappa shape index (κ2) is 9.51. The maximum Gasteiger partial charge on any atom is 0.433 e. The van der Waals surface area contributed by atoms with E-state index >= 15 is 0 Å². The van der Waals surface area contributed by atoms with E-state index in [2.05, 4.69) is 20.0 Å². The van der Waals surface area contributed by atoms with Crippen molar-refractivity contribution in [3.8, 4) is 0 Å². The number of nitrogens with zero attached hydrogens (tertiary/aromatic N) is 1. The largest absolute Gasteiger partial charge is 0.481 e. The van der Waals surface area contributed by atoms with Gasteiger partial charge < -0.3 is 15.2 Å². The molecule has 0 fully saturated rings. The van der Waals surface area contributed by atoms with Crippen LogP contribution in [0.15, 0.2) is 29.4 Å². The van der Waals surface area contributed by atoms with Gasteiger partial charge in [0, 0.05) is 17.5 Å². The van der Waals surface area contributed by atoms with Crippen molar-refractivity contribution >= 4 is 35.3 Å². The van der Waals surface area contributed by atoms with Crippen LogP contribution in [0.2, 0.25) is 5.02 Å². The third-order valence-electron chi connectivity index (χ3n) is 3.00. The SMILES string of the molecule is COC(=O)/C(C)=N\OC(=O)NCC(CC(=O)O)c1ccc(Cl)cc1. The number of methoxy groups -OCH3 is 1. The maximum absolute atomic E-state index is 11.6. The first kappa shape index (κ1) is 19.4. The van der Waals surface area contributed by atoms with Crippen LogP contribution in [0.5, 0.6) is 0 Å². The molecule has 2 N–H and O–H groups in total. The number of hydrogen-bond donors (Lipinski definition) is 2. The first-order chi connectivity index (χ1) is 11.3. The Bertz CT molecular complexity index is 629. The molecule has 0 aliphatic carbocycles. The fourth-order valence-corrected chi connectivity index (χ4v) is 1.91. The summed E-state index contributed by atoms with van der Waals surface area (Å²) < 4.78 is 4.40. The fraction of sp³-hybridized carbons (Fsp3) is 0.333. The molecule has 24 heavy (non-hydrogen) atoms. The number of oxime groups is 1. The molecular formula is C15H17ClN2O6. The number of carboxylic acids is 1. The lowest BCUT2D eigenvalue weighted by molar-refractivity contribution is -0.137. The Labute approximate surface area is 143 Å². The van der Waals surface area contributed by atoms with Crippen molar-refractivity contribution in [3.63, 3.8) is 0 Å². The van der Waals surface area contributed by atoms with Crippen LogP contribution in [-0.4, -0.2) is 42.5 Å². The van der Waals surface area contributed by atoms with Gasteiger partial charge in [0.1, 0.15) is 0 Å². The van der Waals surface area contributed by atoms with Crippen LogP contribution in [0.3, 0.4) is 0 Å². The van der Waals surface area contributed by atoms with E-state index < -0.39 is 23.9 Å². The van der Waals surface area contributed by atoms with Gasteiger partial charge >= 0.3 is 18.0 Å². The summed E-state index contributed by atoms with van der Waals surface area (Å²) in [6.07, 6.45) is -1.10. The number of benzene rings is 1. The molecule has 1 aromatic carbocycles. The molecule has 1 unspecified atom stereocenters. The normalized spacial score (nSPS) is 12.2. The summed E-state index contributed by atoms with van der Waals surface area (Å²) in [6.45, 7) is 1.33. The number of nitrogens with one attached hydrogen (secondary N) is 1. The zero-order valence-corrected chi connectivity index (χ0v) is 13.9. The van der Waals surface area contributed by atoms with Gasteiger partial charge in [0.15, 0.2) is 5.71 Å². The quantitative estimate of drug-likeness (QED) is 0.335. The van der Waals surface area contributed by atoms with Gasteiger partial charge in [-0.15, -0.1) is 0 Å². The number of rotatable bonds is 7. The summed E-state index contributed by atoms with van der Waals surface area (Å²) in [5.74, 6) is -2.21. The lowest BCUT2D eigenvalue weighted by Gasteiger charge is -2.15. The van der Waals surface area contributed by atoms with E-state index in [1.165, 1.54) is 14.0 Å². The summed E-state index contributed by atoms with van der Waals surface area (Å²) in [7, 11) is 1.17. The molecule has 0 aliphatic heterocycles. The Hall–Kier alpha value is -2.61. The molecule has 0 heterocycles. The predicted molar refractivity (Wildman–Crippen MR) is 86.1 cm³/mol. The maximum atomic E-state index is 11.6. The van der Waals surface area contributed by atoms with Crippen LogP contribution in [0.4, 0.5) is 4.79 Å². The molecule has 0 spiro atoms. The van der Waals surface area contributed by atoms with Gasteiger partial charge in [-0.3, -0.25) is 9.63 Å². The van der Waals surface area contributed by atoms with Gasteiger partial charge in [0.2, 0.25) is 0 Å². The van der Waals surface area contributed by atoms with Crippen molar-refractivity contribution < 1.29 is 29.1 Å². The zero-order valence-electron chi connectivity index (χ0n) is 13.1. The number of aliphatic carboxylic acids is 1. The van der Waals surface area contributed by atoms with Gasteiger partial charge in [-0.05, 0) is 24.6 Å². The Morgan fingerprint density at radius 2 is 1.92 bits per heavy atom. The van der Waals surface area contributed by atoms with E-state index in [-0.39, 0.29) is 18.7 Å². The van der Waals surface area contributed by atoms with E-state index in [1.54, 1.807) is 24.3 Å². The molecule has 0 saturated carbocycles. The monoisotopic (exact) mass is 356 g/mol. The number of carbonyl (C=O) groups excluding carboxylic acids is 2. The predicted octanol–water partition coefficient (Wildman–Crippen LogP) is 2.17. The molecule has 1 aromatic rings. The standard InChI is InChI=1S/C15H17ClN2O6/c1-9(14(21)23-2)18-24-15(22)17-8-11(7-13(19)20)10-3-5-12(16)6-4-10/h3-6,11H,7-8H2,1-2H3,(H,17,22)(H,19,20)/b18-9-. The van der Waals surface area contributed by atoms with Gasteiger partial charge in [-0.1, -0.05) is 28.9 Å². The highest BCUT2D eigenvalue weighted by Gasteiger charge is 2.17.